The molecule has 0 aromatic rings. The Morgan fingerprint density at radius 1 is 1.22 bits per heavy atom. The Labute approximate surface area is 110 Å². The van der Waals surface area contributed by atoms with Crippen LogP contribution < -0.4 is 0 Å². The predicted molar refractivity (Wildman–Crippen MR) is 75.1 cm³/mol. The number of ketones is 1. The van der Waals surface area contributed by atoms with Crippen molar-refractivity contribution in [1.82, 2.24) is 0 Å². The maximum Gasteiger partial charge on any atom is 0.178 e. The standard InChI is InChI=1S/C8H12O.C8H10O/c1-6-4-8(3)9-5-7(6)2;1-6-3-4-8(9)5-7(6)2/h4,7H,3,5H2,1-2H3;3-6H,1-2H3. The summed E-state index contributed by atoms with van der Waals surface area (Å²) >= 11 is 0. The fraction of sp³-hybridized carbons (Fsp3) is 0.438. The molecule has 1 aliphatic heterocycles. The summed E-state index contributed by atoms with van der Waals surface area (Å²) < 4.78 is 5.19. The van der Waals surface area contributed by atoms with E-state index in [1.165, 1.54) is 5.57 Å². The second kappa shape index (κ2) is 6.39. The molecule has 0 radical (unpaired) electrons. The van der Waals surface area contributed by atoms with Gasteiger partial charge in [0.1, 0.15) is 5.76 Å². The minimum absolute atomic E-state index is 0.116. The van der Waals surface area contributed by atoms with Crippen molar-refractivity contribution in [3.63, 3.8) is 0 Å². The summed E-state index contributed by atoms with van der Waals surface area (Å²) in [5.41, 5.74) is 2.52. The molecule has 0 amide bonds. The van der Waals surface area contributed by atoms with Crippen molar-refractivity contribution < 1.29 is 9.53 Å². The van der Waals surface area contributed by atoms with Gasteiger partial charge in [0.05, 0.1) is 6.61 Å². The molecular weight excluding hydrogens is 224 g/mol. The normalized spacial score (nSPS) is 26.7. The molecule has 98 valence electrons. The zero-order valence-corrected chi connectivity index (χ0v) is 11.7. The third kappa shape index (κ3) is 4.36. The van der Waals surface area contributed by atoms with Crippen molar-refractivity contribution in [1.29, 1.82) is 0 Å². The van der Waals surface area contributed by atoms with Gasteiger partial charge < -0.3 is 4.74 Å². The second-order valence-corrected chi connectivity index (χ2v) is 5.01. The molecule has 2 unspecified atom stereocenters. The van der Waals surface area contributed by atoms with Crippen LogP contribution in [0.3, 0.4) is 0 Å². The molecule has 2 aliphatic rings. The number of rotatable bonds is 0. The number of carbonyl (C=O) groups excluding carboxylic acids is 1. The van der Waals surface area contributed by atoms with Gasteiger partial charge in [0.15, 0.2) is 5.78 Å². The van der Waals surface area contributed by atoms with E-state index in [4.69, 9.17) is 4.74 Å². The third-order valence-corrected chi connectivity index (χ3v) is 3.32. The first-order valence-corrected chi connectivity index (χ1v) is 6.30. The topological polar surface area (TPSA) is 26.3 Å². The summed E-state index contributed by atoms with van der Waals surface area (Å²) in [6.07, 6.45) is 7.23. The first-order chi connectivity index (χ1) is 8.40. The van der Waals surface area contributed by atoms with E-state index in [1.54, 1.807) is 12.2 Å². The van der Waals surface area contributed by atoms with Gasteiger partial charge in [-0.3, -0.25) is 4.79 Å². The van der Waals surface area contributed by atoms with Crippen molar-refractivity contribution in [2.24, 2.45) is 11.8 Å². The average molecular weight is 246 g/mol. The number of hydrogen-bond donors (Lipinski definition) is 0. The van der Waals surface area contributed by atoms with Gasteiger partial charge in [-0.05, 0) is 38.0 Å². The van der Waals surface area contributed by atoms with E-state index in [1.807, 2.05) is 19.1 Å². The molecule has 1 heterocycles. The van der Waals surface area contributed by atoms with Crippen molar-refractivity contribution in [2.45, 2.75) is 27.7 Å². The highest BCUT2D eigenvalue weighted by Crippen LogP contribution is 2.19. The number of carbonyl (C=O) groups is 1. The van der Waals surface area contributed by atoms with Crippen molar-refractivity contribution in [3.8, 4) is 0 Å². The molecule has 2 atom stereocenters. The SMILES string of the molecule is C=C1C=C(C)C(C)CO1.CC1=CC(=O)C=CC1C. The molecule has 0 N–H and O–H groups in total. The lowest BCUT2D eigenvalue weighted by Crippen LogP contribution is -2.11. The molecule has 0 fully saturated rings. The van der Waals surface area contributed by atoms with Crippen LogP contribution in [0, 0.1) is 11.8 Å². The molecule has 2 nitrogen and oxygen atoms in total. The Morgan fingerprint density at radius 2 is 1.89 bits per heavy atom. The lowest BCUT2D eigenvalue weighted by molar-refractivity contribution is -0.110. The zero-order valence-electron chi connectivity index (χ0n) is 11.7. The van der Waals surface area contributed by atoms with E-state index >= 15 is 0 Å². The molecule has 0 bridgehead atoms. The average Bonchev–Trinajstić information content (AvgIpc) is 2.30. The van der Waals surface area contributed by atoms with Crippen LogP contribution in [-0.4, -0.2) is 12.4 Å². The molecule has 2 heteroatoms. The van der Waals surface area contributed by atoms with Crippen LogP contribution in [-0.2, 0) is 9.53 Å². The lowest BCUT2D eigenvalue weighted by atomic mass is 9.96. The Balaban J connectivity index is 0.000000180. The van der Waals surface area contributed by atoms with Gasteiger partial charge >= 0.3 is 0 Å². The summed E-state index contributed by atoms with van der Waals surface area (Å²) in [6, 6.07) is 0. The van der Waals surface area contributed by atoms with Gasteiger partial charge in [0, 0.05) is 5.92 Å². The highest BCUT2D eigenvalue weighted by molar-refractivity contribution is 6.00. The van der Waals surface area contributed by atoms with Gasteiger partial charge in [0.25, 0.3) is 0 Å². The summed E-state index contributed by atoms with van der Waals surface area (Å²) in [4.78, 5) is 10.7. The van der Waals surface area contributed by atoms with E-state index < -0.39 is 0 Å². The fourth-order valence-corrected chi connectivity index (χ4v) is 1.60. The monoisotopic (exact) mass is 246 g/mol. The highest BCUT2D eigenvalue weighted by atomic mass is 16.5. The van der Waals surface area contributed by atoms with Crippen molar-refractivity contribution in [3.05, 3.63) is 47.8 Å². The molecule has 18 heavy (non-hydrogen) atoms. The molecule has 0 aromatic carbocycles. The first kappa shape index (κ1) is 14.5. The molecule has 0 spiro atoms. The van der Waals surface area contributed by atoms with E-state index in [2.05, 4.69) is 27.4 Å². The van der Waals surface area contributed by atoms with Crippen LogP contribution in [0.2, 0.25) is 0 Å². The van der Waals surface area contributed by atoms with E-state index in [9.17, 15) is 4.79 Å². The minimum atomic E-state index is 0.116. The molecule has 2 rings (SSSR count). The van der Waals surface area contributed by atoms with Crippen LogP contribution >= 0.6 is 0 Å². The van der Waals surface area contributed by atoms with Crippen molar-refractivity contribution >= 4 is 5.78 Å². The number of ether oxygens (including phenoxy) is 1. The van der Waals surface area contributed by atoms with Gasteiger partial charge in [-0.15, -0.1) is 0 Å². The molecule has 0 aromatic heterocycles. The second-order valence-electron chi connectivity index (χ2n) is 5.01. The maximum absolute atomic E-state index is 10.7. The van der Waals surface area contributed by atoms with Crippen LogP contribution in [0.5, 0.6) is 0 Å². The Morgan fingerprint density at radius 3 is 2.33 bits per heavy atom. The smallest absolute Gasteiger partial charge is 0.178 e. The van der Waals surface area contributed by atoms with Crippen LogP contribution in [0.1, 0.15) is 27.7 Å². The predicted octanol–water partition coefficient (Wildman–Crippen LogP) is 3.82. The quantitative estimate of drug-likeness (QED) is 0.649. The maximum atomic E-state index is 10.7. The molecule has 0 saturated heterocycles. The Hall–Kier alpha value is -1.57. The van der Waals surface area contributed by atoms with E-state index in [0.29, 0.717) is 11.8 Å². The number of hydrogen-bond acceptors (Lipinski definition) is 2. The molecular formula is C16H22O2. The largest absolute Gasteiger partial charge is 0.494 e. The van der Waals surface area contributed by atoms with E-state index in [0.717, 1.165) is 17.9 Å². The minimum Gasteiger partial charge on any atom is -0.494 e. The van der Waals surface area contributed by atoms with Gasteiger partial charge in [0.2, 0.25) is 0 Å². The molecule has 1 aliphatic carbocycles. The fourth-order valence-electron chi connectivity index (χ4n) is 1.60. The molecule has 0 saturated carbocycles. The van der Waals surface area contributed by atoms with Gasteiger partial charge in [-0.2, -0.15) is 0 Å². The highest BCUT2D eigenvalue weighted by Gasteiger charge is 2.10. The van der Waals surface area contributed by atoms with E-state index in [-0.39, 0.29) is 5.78 Å². The van der Waals surface area contributed by atoms with Crippen LogP contribution in [0.25, 0.3) is 0 Å². The Kier molecular flexibility index (Phi) is 5.14. The summed E-state index contributed by atoms with van der Waals surface area (Å²) in [5.74, 6) is 1.93. The van der Waals surface area contributed by atoms with Gasteiger partial charge in [-0.1, -0.05) is 37.6 Å². The lowest BCUT2D eigenvalue weighted by Gasteiger charge is -2.19. The zero-order chi connectivity index (χ0) is 13.7. The Bertz CT molecular complexity index is 418. The summed E-state index contributed by atoms with van der Waals surface area (Å²) in [7, 11) is 0. The number of allylic oxidation sites excluding steroid dienone is 5. The van der Waals surface area contributed by atoms with Crippen molar-refractivity contribution in [2.75, 3.05) is 6.61 Å². The summed E-state index contributed by atoms with van der Waals surface area (Å²) in [6.45, 7) is 12.8. The van der Waals surface area contributed by atoms with Crippen LogP contribution in [0.15, 0.2) is 47.8 Å². The third-order valence-electron chi connectivity index (χ3n) is 3.32. The first-order valence-electron chi connectivity index (χ1n) is 6.30. The van der Waals surface area contributed by atoms with Crippen LogP contribution in [0.4, 0.5) is 0 Å². The van der Waals surface area contributed by atoms with Gasteiger partial charge in [-0.25, -0.2) is 0 Å². The summed E-state index contributed by atoms with van der Waals surface area (Å²) in [5, 5.41) is 0.